The zero-order valence-corrected chi connectivity index (χ0v) is 17.0. The summed E-state index contributed by atoms with van der Waals surface area (Å²) in [4.78, 5) is 25.6. The Morgan fingerprint density at radius 2 is 1.72 bits per heavy atom. The van der Waals surface area contributed by atoms with Crippen LogP contribution in [0.5, 0.6) is 5.75 Å². The molecule has 3 heterocycles. The molecule has 0 radical (unpaired) electrons. The van der Waals surface area contributed by atoms with Crippen molar-refractivity contribution >= 4 is 16.9 Å². The lowest BCUT2D eigenvalue weighted by Crippen LogP contribution is -2.37. The number of hydrogen-bond donors (Lipinski definition) is 0. The second-order valence-electron chi connectivity index (χ2n) is 7.00. The van der Waals surface area contributed by atoms with E-state index in [0.717, 1.165) is 28.7 Å². The third-order valence-corrected chi connectivity index (χ3v) is 5.14. The summed E-state index contributed by atoms with van der Waals surface area (Å²) in [6.07, 6.45) is 1.86. The Bertz CT molecular complexity index is 1310. The van der Waals surface area contributed by atoms with Gasteiger partial charge in [-0.2, -0.15) is 0 Å². The van der Waals surface area contributed by atoms with Crippen molar-refractivity contribution in [1.29, 1.82) is 0 Å². The number of hydrogen-bond acceptors (Lipinski definition) is 5. The Balaban J connectivity index is 2.07. The molecule has 0 aliphatic rings. The van der Waals surface area contributed by atoms with E-state index >= 15 is 0 Å². The lowest BCUT2D eigenvalue weighted by Gasteiger charge is -2.07. The second kappa shape index (κ2) is 7.23. The normalized spacial score (nSPS) is 11.6. The molecule has 0 amide bonds. The zero-order valence-electron chi connectivity index (χ0n) is 17.0. The zero-order chi connectivity index (χ0) is 20.7. The molecule has 4 aromatic rings. The first kappa shape index (κ1) is 19.0. The number of benzene rings is 1. The van der Waals surface area contributed by atoms with Crippen molar-refractivity contribution in [2.24, 2.45) is 14.1 Å². The Labute approximate surface area is 166 Å². The predicted octanol–water partition coefficient (Wildman–Crippen LogP) is 1.95. The van der Waals surface area contributed by atoms with Crippen LogP contribution in [-0.2, 0) is 20.6 Å². The van der Waals surface area contributed by atoms with Gasteiger partial charge in [-0.25, -0.2) is 9.20 Å². The number of nitrogens with zero attached hydrogens (tertiary/aromatic N) is 6. The topological polar surface area (TPSA) is 88.4 Å². The molecule has 9 heteroatoms. The van der Waals surface area contributed by atoms with Gasteiger partial charge in [0.25, 0.3) is 5.56 Å². The number of imidazole rings is 1. The van der Waals surface area contributed by atoms with Gasteiger partial charge in [-0.05, 0) is 37.6 Å². The van der Waals surface area contributed by atoms with E-state index in [-0.39, 0.29) is 11.2 Å². The Morgan fingerprint density at radius 1 is 1.00 bits per heavy atom. The molecule has 0 aliphatic heterocycles. The smallest absolute Gasteiger partial charge is 0.332 e. The number of unbranched alkanes of at least 4 members (excludes halogenated alkanes) is 1. The van der Waals surface area contributed by atoms with Gasteiger partial charge in [-0.3, -0.25) is 13.9 Å². The quantitative estimate of drug-likeness (QED) is 0.497. The van der Waals surface area contributed by atoms with E-state index in [1.165, 1.54) is 11.6 Å². The van der Waals surface area contributed by atoms with Crippen LogP contribution in [0.1, 0.15) is 26.7 Å². The van der Waals surface area contributed by atoms with Crippen LogP contribution in [0.25, 0.3) is 28.3 Å². The van der Waals surface area contributed by atoms with E-state index in [1.54, 1.807) is 11.4 Å². The first-order valence-corrected chi connectivity index (χ1v) is 9.76. The fourth-order valence-electron chi connectivity index (χ4n) is 3.64. The summed E-state index contributed by atoms with van der Waals surface area (Å²) >= 11 is 0. The number of ether oxygens (including phenoxy) is 1. The predicted molar refractivity (Wildman–Crippen MR) is 110 cm³/mol. The number of rotatable bonds is 6. The Kier molecular flexibility index (Phi) is 4.73. The highest BCUT2D eigenvalue weighted by Gasteiger charge is 2.23. The molecule has 0 N–H and O–H groups in total. The van der Waals surface area contributed by atoms with Gasteiger partial charge >= 0.3 is 5.69 Å². The largest absolute Gasteiger partial charge is 0.494 e. The van der Waals surface area contributed by atoms with Gasteiger partial charge in [0.15, 0.2) is 17.0 Å². The minimum atomic E-state index is -0.386. The maximum absolute atomic E-state index is 13.0. The molecule has 0 aliphatic carbocycles. The molecular formula is C20H24N6O3. The summed E-state index contributed by atoms with van der Waals surface area (Å²) in [5.74, 6) is 1.89. The highest BCUT2D eigenvalue weighted by molar-refractivity contribution is 5.79. The molecule has 0 unspecified atom stereocenters. The van der Waals surface area contributed by atoms with Crippen LogP contribution in [0, 0.1) is 0 Å². The van der Waals surface area contributed by atoms with E-state index in [9.17, 15) is 9.59 Å². The first-order valence-electron chi connectivity index (χ1n) is 9.76. The molecule has 0 bridgehead atoms. The summed E-state index contributed by atoms with van der Waals surface area (Å²) < 4.78 is 11.8. The molecule has 29 heavy (non-hydrogen) atoms. The minimum absolute atomic E-state index is 0.331. The lowest BCUT2D eigenvalue weighted by atomic mass is 10.2. The molecule has 152 valence electrons. The minimum Gasteiger partial charge on any atom is -0.494 e. The third-order valence-electron chi connectivity index (χ3n) is 5.14. The first-order chi connectivity index (χ1) is 14.0. The summed E-state index contributed by atoms with van der Waals surface area (Å²) in [5, 5.41) is 8.74. The van der Waals surface area contributed by atoms with E-state index in [4.69, 9.17) is 4.74 Å². The maximum Gasteiger partial charge on any atom is 0.332 e. The average molecular weight is 396 g/mol. The molecule has 0 saturated heterocycles. The van der Waals surface area contributed by atoms with Crippen molar-refractivity contribution in [2.75, 3.05) is 6.61 Å². The van der Waals surface area contributed by atoms with Gasteiger partial charge in [0, 0.05) is 26.2 Å². The Hall–Kier alpha value is -3.36. The Morgan fingerprint density at radius 3 is 2.38 bits per heavy atom. The highest BCUT2D eigenvalue weighted by Crippen LogP contribution is 2.26. The molecule has 0 atom stereocenters. The summed E-state index contributed by atoms with van der Waals surface area (Å²) in [6.45, 7) is 5.23. The number of aryl methyl sites for hydroxylation is 2. The fraction of sp³-hybridized carbons (Fsp3) is 0.400. The SMILES string of the molecule is CCCCn1c2c(=O)n(C)c(=O)n(C)c2n2c(-c3ccc(OCC)cc3)nnc12. The van der Waals surface area contributed by atoms with E-state index in [2.05, 4.69) is 17.1 Å². The number of fused-ring (bicyclic) bond motifs is 3. The van der Waals surface area contributed by atoms with E-state index < -0.39 is 0 Å². The van der Waals surface area contributed by atoms with Crippen LogP contribution >= 0.6 is 0 Å². The van der Waals surface area contributed by atoms with Gasteiger partial charge in [0.1, 0.15) is 5.75 Å². The van der Waals surface area contributed by atoms with Crippen LogP contribution in [0.2, 0.25) is 0 Å². The fourth-order valence-corrected chi connectivity index (χ4v) is 3.64. The van der Waals surface area contributed by atoms with Crippen molar-refractivity contribution in [3.8, 4) is 17.1 Å². The van der Waals surface area contributed by atoms with Gasteiger partial charge < -0.3 is 9.30 Å². The number of aromatic nitrogens is 6. The van der Waals surface area contributed by atoms with Crippen molar-refractivity contribution in [1.82, 2.24) is 28.3 Å². The average Bonchev–Trinajstić information content (AvgIpc) is 3.28. The van der Waals surface area contributed by atoms with Crippen molar-refractivity contribution in [2.45, 2.75) is 33.2 Å². The monoisotopic (exact) mass is 396 g/mol. The van der Waals surface area contributed by atoms with Crippen LogP contribution in [-0.4, -0.2) is 34.9 Å². The molecular weight excluding hydrogens is 372 g/mol. The van der Waals surface area contributed by atoms with Gasteiger partial charge in [-0.1, -0.05) is 13.3 Å². The molecule has 3 aromatic heterocycles. The second-order valence-corrected chi connectivity index (χ2v) is 7.00. The standard InChI is InChI=1S/C20H24N6O3/c1-5-7-12-25-15-17(23(3)20(28)24(4)18(15)27)26-16(21-22-19(25)26)13-8-10-14(11-9-13)29-6-2/h8-11H,5-7,12H2,1-4H3. The molecule has 1 aromatic carbocycles. The van der Waals surface area contributed by atoms with Crippen LogP contribution in [0.3, 0.4) is 0 Å². The van der Waals surface area contributed by atoms with E-state index in [1.807, 2.05) is 35.8 Å². The molecule has 9 nitrogen and oxygen atoms in total. The molecule has 0 spiro atoms. The summed E-state index contributed by atoms with van der Waals surface area (Å²) in [5.41, 5.74) is 1.06. The van der Waals surface area contributed by atoms with Gasteiger partial charge in [0.05, 0.1) is 6.61 Å². The lowest BCUT2D eigenvalue weighted by molar-refractivity contribution is 0.340. The molecule has 0 fully saturated rings. The van der Waals surface area contributed by atoms with Crippen molar-refractivity contribution < 1.29 is 4.74 Å². The molecule has 0 saturated carbocycles. The van der Waals surface area contributed by atoms with Gasteiger partial charge in [-0.15, -0.1) is 10.2 Å². The summed E-state index contributed by atoms with van der Waals surface area (Å²) in [6, 6.07) is 7.54. The highest BCUT2D eigenvalue weighted by atomic mass is 16.5. The maximum atomic E-state index is 13.0. The van der Waals surface area contributed by atoms with Gasteiger partial charge in [0.2, 0.25) is 5.78 Å². The van der Waals surface area contributed by atoms with Crippen molar-refractivity contribution in [3.05, 3.63) is 45.1 Å². The molecule has 4 rings (SSSR count). The van der Waals surface area contributed by atoms with Crippen LogP contribution < -0.4 is 16.0 Å². The van der Waals surface area contributed by atoms with Crippen molar-refractivity contribution in [3.63, 3.8) is 0 Å². The van der Waals surface area contributed by atoms with Crippen LogP contribution in [0.15, 0.2) is 33.9 Å². The van der Waals surface area contributed by atoms with Crippen LogP contribution in [0.4, 0.5) is 0 Å². The summed E-state index contributed by atoms with van der Waals surface area (Å²) in [7, 11) is 3.16. The van der Waals surface area contributed by atoms with E-state index in [0.29, 0.717) is 35.9 Å². The third kappa shape index (κ3) is 2.84.